The fourth-order valence-corrected chi connectivity index (χ4v) is 1.69. The van der Waals surface area contributed by atoms with Gasteiger partial charge in [0.1, 0.15) is 12.4 Å². The van der Waals surface area contributed by atoms with E-state index in [4.69, 9.17) is 19.9 Å². The lowest BCUT2D eigenvalue weighted by Crippen LogP contribution is -2.14. The molecule has 114 valence electrons. The van der Waals surface area contributed by atoms with Gasteiger partial charge < -0.3 is 30.2 Å². The molecular weight excluding hydrogens is 262 g/mol. The molecule has 0 radical (unpaired) electrons. The van der Waals surface area contributed by atoms with Crippen LogP contribution in [0, 0.1) is 0 Å². The molecule has 0 heterocycles. The molecule has 6 nitrogen and oxygen atoms in total. The molecule has 0 aliphatic heterocycles. The number of nitrogens with two attached hydrogens (primary N) is 1. The molecule has 0 bridgehead atoms. The van der Waals surface area contributed by atoms with Crippen molar-refractivity contribution < 1.29 is 24.4 Å². The van der Waals surface area contributed by atoms with Crippen molar-refractivity contribution in [3.05, 3.63) is 29.3 Å². The first-order valence-corrected chi connectivity index (χ1v) is 6.64. The molecule has 0 aliphatic rings. The van der Waals surface area contributed by atoms with Crippen LogP contribution in [0.15, 0.2) is 18.2 Å². The van der Waals surface area contributed by atoms with Crippen molar-refractivity contribution in [1.29, 1.82) is 0 Å². The summed E-state index contributed by atoms with van der Waals surface area (Å²) in [5, 5.41) is 18.5. The summed E-state index contributed by atoms with van der Waals surface area (Å²) in [7, 11) is 0. The van der Waals surface area contributed by atoms with E-state index in [0.717, 1.165) is 0 Å². The van der Waals surface area contributed by atoms with Crippen molar-refractivity contribution in [2.75, 3.05) is 39.6 Å². The van der Waals surface area contributed by atoms with Gasteiger partial charge in [0, 0.05) is 12.1 Å². The predicted octanol–water partition coefficient (Wildman–Crippen LogP) is 0.0419. The van der Waals surface area contributed by atoms with Crippen LogP contribution in [0.3, 0.4) is 0 Å². The molecular formula is C14H23NO5. The lowest BCUT2D eigenvalue weighted by atomic mass is 10.1. The minimum atomic E-state index is -0.167. The molecule has 1 rings (SSSR count). The molecule has 0 saturated carbocycles. The summed E-state index contributed by atoms with van der Waals surface area (Å²) in [6, 6.07) is 5.29. The first-order chi connectivity index (χ1) is 9.83. The van der Waals surface area contributed by atoms with E-state index in [0.29, 0.717) is 56.5 Å². The third-order valence-corrected chi connectivity index (χ3v) is 2.68. The Morgan fingerprint density at radius 2 is 1.60 bits per heavy atom. The smallest absolute Gasteiger partial charge is 0.125 e. The maximum atomic E-state index is 9.30. The molecule has 0 aromatic heterocycles. The standard InChI is InChI=1S/C14H23NO5/c15-4-5-18-6-7-19-8-9-20-14-3-1-2-12(10-16)13(14)11-17/h1-3,16-17H,4-11,15H2. The maximum absolute atomic E-state index is 9.30. The predicted molar refractivity (Wildman–Crippen MR) is 74.5 cm³/mol. The van der Waals surface area contributed by atoms with Gasteiger partial charge in [-0.1, -0.05) is 12.1 Å². The summed E-state index contributed by atoms with van der Waals surface area (Å²) in [4.78, 5) is 0. The summed E-state index contributed by atoms with van der Waals surface area (Å²) in [5.74, 6) is 0.571. The molecule has 0 spiro atoms. The summed E-state index contributed by atoms with van der Waals surface area (Å²) in [6.45, 7) is 2.56. The average molecular weight is 285 g/mol. The topological polar surface area (TPSA) is 94.2 Å². The third kappa shape index (κ3) is 5.85. The highest BCUT2D eigenvalue weighted by Gasteiger charge is 2.07. The van der Waals surface area contributed by atoms with Crippen molar-refractivity contribution in [2.45, 2.75) is 13.2 Å². The molecule has 20 heavy (non-hydrogen) atoms. The fraction of sp³-hybridized carbons (Fsp3) is 0.571. The van der Waals surface area contributed by atoms with E-state index in [1.807, 2.05) is 0 Å². The minimum Gasteiger partial charge on any atom is -0.491 e. The highest BCUT2D eigenvalue weighted by Crippen LogP contribution is 2.22. The summed E-state index contributed by atoms with van der Waals surface area (Å²) in [6.07, 6.45) is 0. The van der Waals surface area contributed by atoms with Crippen molar-refractivity contribution in [2.24, 2.45) is 5.73 Å². The zero-order chi connectivity index (χ0) is 14.6. The van der Waals surface area contributed by atoms with E-state index < -0.39 is 0 Å². The SMILES string of the molecule is NCCOCCOCCOc1cccc(CO)c1CO. The van der Waals surface area contributed by atoms with Crippen molar-refractivity contribution in [1.82, 2.24) is 0 Å². The Morgan fingerprint density at radius 3 is 2.25 bits per heavy atom. The second kappa shape index (κ2) is 10.6. The molecule has 1 aromatic carbocycles. The van der Waals surface area contributed by atoms with Crippen LogP contribution in [0.2, 0.25) is 0 Å². The second-order valence-electron chi connectivity index (χ2n) is 4.07. The Morgan fingerprint density at radius 1 is 0.900 bits per heavy atom. The first-order valence-electron chi connectivity index (χ1n) is 6.64. The molecule has 0 amide bonds. The summed E-state index contributed by atoms with van der Waals surface area (Å²) in [5.41, 5.74) is 6.56. The Labute approximate surface area is 119 Å². The molecule has 0 aliphatic carbocycles. The van der Waals surface area contributed by atoms with Gasteiger partial charge in [-0.25, -0.2) is 0 Å². The number of aliphatic hydroxyl groups excluding tert-OH is 2. The maximum Gasteiger partial charge on any atom is 0.125 e. The Bertz CT molecular complexity index is 373. The van der Waals surface area contributed by atoms with E-state index in [2.05, 4.69) is 0 Å². The van der Waals surface area contributed by atoms with Gasteiger partial charge in [0.15, 0.2) is 0 Å². The quantitative estimate of drug-likeness (QED) is 0.497. The van der Waals surface area contributed by atoms with Gasteiger partial charge in [-0.3, -0.25) is 0 Å². The highest BCUT2D eigenvalue weighted by atomic mass is 16.5. The second-order valence-corrected chi connectivity index (χ2v) is 4.07. The van der Waals surface area contributed by atoms with Gasteiger partial charge >= 0.3 is 0 Å². The number of hydrogen-bond acceptors (Lipinski definition) is 6. The molecule has 4 N–H and O–H groups in total. The van der Waals surface area contributed by atoms with E-state index in [1.165, 1.54) is 0 Å². The Kier molecular flexibility index (Phi) is 8.93. The van der Waals surface area contributed by atoms with E-state index in [-0.39, 0.29) is 13.2 Å². The average Bonchev–Trinajstić information content (AvgIpc) is 2.49. The third-order valence-electron chi connectivity index (χ3n) is 2.68. The molecule has 0 saturated heterocycles. The molecule has 0 atom stereocenters. The lowest BCUT2D eigenvalue weighted by molar-refractivity contribution is 0.0385. The number of aliphatic hydroxyl groups is 2. The fourth-order valence-electron chi connectivity index (χ4n) is 1.69. The summed E-state index contributed by atoms with van der Waals surface area (Å²) < 4.78 is 16.0. The number of hydrogen-bond donors (Lipinski definition) is 3. The van der Waals surface area contributed by atoms with Crippen LogP contribution in [0.5, 0.6) is 5.75 Å². The Hall–Kier alpha value is -1.18. The molecule has 1 aromatic rings. The minimum absolute atomic E-state index is 0.123. The van der Waals surface area contributed by atoms with Crippen molar-refractivity contribution >= 4 is 0 Å². The highest BCUT2D eigenvalue weighted by molar-refractivity contribution is 5.39. The Balaban J connectivity index is 2.25. The van der Waals surface area contributed by atoms with Crippen LogP contribution in [-0.4, -0.2) is 49.8 Å². The zero-order valence-corrected chi connectivity index (χ0v) is 11.6. The number of rotatable bonds is 11. The van der Waals surface area contributed by atoms with Crippen LogP contribution < -0.4 is 10.5 Å². The molecule has 6 heteroatoms. The lowest BCUT2D eigenvalue weighted by Gasteiger charge is -2.13. The molecule has 0 unspecified atom stereocenters. The van der Waals surface area contributed by atoms with Gasteiger partial charge in [0.05, 0.1) is 39.6 Å². The van der Waals surface area contributed by atoms with Gasteiger partial charge in [0.2, 0.25) is 0 Å². The van der Waals surface area contributed by atoms with E-state index in [9.17, 15) is 10.2 Å². The van der Waals surface area contributed by atoms with Crippen LogP contribution in [0.25, 0.3) is 0 Å². The van der Waals surface area contributed by atoms with Gasteiger partial charge in [0.25, 0.3) is 0 Å². The van der Waals surface area contributed by atoms with Crippen LogP contribution >= 0.6 is 0 Å². The summed E-state index contributed by atoms with van der Waals surface area (Å²) >= 11 is 0. The number of ether oxygens (including phenoxy) is 3. The van der Waals surface area contributed by atoms with Gasteiger partial charge in [-0.15, -0.1) is 0 Å². The van der Waals surface area contributed by atoms with E-state index >= 15 is 0 Å². The van der Waals surface area contributed by atoms with Crippen LogP contribution in [0.4, 0.5) is 0 Å². The normalized spacial score (nSPS) is 10.8. The van der Waals surface area contributed by atoms with Crippen molar-refractivity contribution in [3.8, 4) is 5.75 Å². The van der Waals surface area contributed by atoms with Gasteiger partial charge in [-0.05, 0) is 11.6 Å². The van der Waals surface area contributed by atoms with Crippen LogP contribution in [0.1, 0.15) is 11.1 Å². The van der Waals surface area contributed by atoms with E-state index in [1.54, 1.807) is 18.2 Å². The zero-order valence-electron chi connectivity index (χ0n) is 11.6. The number of benzene rings is 1. The monoisotopic (exact) mass is 285 g/mol. The van der Waals surface area contributed by atoms with Gasteiger partial charge in [-0.2, -0.15) is 0 Å². The molecule has 0 fully saturated rings. The first kappa shape index (κ1) is 16.9. The van der Waals surface area contributed by atoms with Crippen molar-refractivity contribution in [3.63, 3.8) is 0 Å². The van der Waals surface area contributed by atoms with Crippen LogP contribution in [-0.2, 0) is 22.7 Å². The largest absolute Gasteiger partial charge is 0.491 e.